The molecule has 0 amide bonds. The van der Waals surface area contributed by atoms with Crippen LogP contribution in [0.25, 0.3) is 12.2 Å². The molecule has 138 valence electrons. The fraction of sp³-hybridized carbons (Fsp3) is 0.130. The second-order valence-electron chi connectivity index (χ2n) is 6.69. The molecular weight excluding hydrogens is 340 g/mol. The molecule has 3 aromatic carbocycles. The van der Waals surface area contributed by atoms with Crippen LogP contribution in [0.15, 0.2) is 54.6 Å². The number of phenolic OH excluding ortho intramolecular Hbond substituents is 4. The van der Waals surface area contributed by atoms with Crippen LogP contribution in [0.5, 0.6) is 23.0 Å². The molecule has 0 spiro atoms. The normalized spacial score (nSPS) is 12.4. The summed E-state index contributed by atoms with van der Waals surface area (Å²) in [5, 5.41) is 39.8. The average Bonchev–Trinajstić information content (AvgIpc) is 2.62. The van der Waals surface area contributed by atoms with E-state index in [1.807, 2.05) is 38.1 Å². The Morgan fingerprint density at radius 2 is 1.22 bits per heavy atom. The Morgan fingerprint density at radius 3 is 1.81 bits per heavy atom. The van der Waals surface area contributed by atoms with Gasteiger partial charge in [-0.15, -0.1) is 0 Å². The Hall–Kier alpha value is -3.40. The molecule has 4 N–H and O–H groups in total. The van der Waals surface area contributed by atoms with Crippen LogP contribution in [0.4, 0.5) is 0 Å². The van der Waals surface area contributed by atoms with E-state index in [9.17, 15) is 20.4 Å². The fourth-order valence-electron chi connectivity index (χ4n) is 3.04. The van der Waals surface area contributed by atoms with Crippen molar-refractivity contribution in [1.82, 2.24) is 0 Å². The summed E-state index contributed by atoms with van der Waals surface area (Å²) in [6, 6.07) is 15.7. The van der Waals surface area contributed by atoms with Gasteiger partial charge in [0.2, 0.25) is 0 Å². The molecule has 0 radical (unpaired) electrons. The SMILES string of the molecule is Cc1ccc(C(C)c2c(O)cc(/C=C/c3ccc(O)c(O)c3)cc2O)cc1. The van der Waals surface area contributed by atoms with E-state index in [4.69, 9.17) is 0 Å². The molecule has 0 bridgehead atoms. The average molecular weight is 362 g/mol. The van der Waals surface area contributed by atoms with Crippen LogP contribution in [-0.2, 0) is 0 Å². The Balaban J connectivity index is 1.89. The Bertz CT molecular complexity index is 965. The highest BCUT2D eigenvalue weighted by Crippen LogP contribution is 2.39. The van der Waals surface area contributed by atoms with E-state index in [1.165, 1.54) is 12.1 Å². The van der Waals surface area contributed by atoms with Crippen LogP contribution in [0.3, 0.4) is 0 Å². The lowest BCUT2D eigenvalue weighted by molar-refractivity contribution is 0.403. The van der Waals surface area contributed by atoms with Crippen LogP contribution in [-0.4, -0.2) is 20.4 Å². The van der Waals surface area contributed by atoms with Crippen LogP contribution in [0.1, 0.15) is 40.7 Å². The molecule has 4 nitrogen and oxygen atoms in total. The van der Waals surface area contributed by atoms with Gasteiger partial charge >= 0.3 is 0 Å². The molecule has 4 heteroatoms. The monoisotopic (exact) mass is 362 g/mol. The number of phenols is 4. The van der Waals surface area contributed by atoms with Gasteiger partial charge in [0.05, 0.1) is 0 Å². The lowest BCUT2D eigenvalue weighted by atomic mass is 9.90. The van der Waals surface area contributed by atoms with Gasteiger partial charge in [-0.25, -0.2) is 0 Å². The maximum atomic E-state index is 10.5. The minimum Gasteiger partial charge on any atom is -0.507 e. The standard InChI is InChI=1S/C23H22O4/c1-14-3-8-18(9-4-14)15(2)23-21(26)12-17(13-22(23)27)6-5-16-7-10-19(24)20(25)11-16/h3-13,15,24-27H,1-2H3/b6-5+. The van der Waals surface area contributed by atoms with Crippen LogP contribution < -0.4 is 0 Å². The Morgan fingerprint density at radius 1 is 0.667 bits per heavy atom. The molecule has 0 aliphatic carbocycles. The van der Waals surface area contributed by atoms with Gasteiger partial charge in [-0.1, -0.05) is 55.0 Å². The third-order valence-corrected chi connectivity index (χ3v) is 4.64. The Kier molecular flexibility index (Phi) is 5.08. The van der Waals surface area contributed by atoms with Crippen LogP contribution >= 0.6 is 0 Å². The fourth-order valence-corrected chi connectivity index (χ4v) is 3.04. The van der Waals surface area contributed by atoms with Crippen molar-refractivity contribution in [2.75, 3.05) is 0 Å². The second-order valence-corrected chi connectivity index (χ2v) is 6.69. The molecule has 0 saturated carbocycles. The number of hydrogen-bond donors (Lipinski definition) is 4. The maximum Gasteiger partial charge on any atom is 0.157 e. The number of aryl methyl sites for hydroxylation is 1. The molecule has 3 aromatic rings. The first kappa shape index (κ1) is 18.4. The second kappa shape index (κ2) is 7.46. The summed E-state index contributed by atoms with van der Waals surface area (Å²) in [7, 11) is 0. The third-order valence-electron chi connectivity index (χ3n) is 4.64. The molecule has 0 saturated heterocycles. The van der Waals surface area contributed by atoms with Gasteiger partial charge in [0.25, 0.3) is 0 Å². The van der Waals surface area contributed by atoms with Gasteiger partial charge in [0, 0.05) is 11.5 Å². The highest BCUT2D eigenvalue weighted by atomic mass is 16.3. The van der Waals surface area contributed by atoms with Crippen molar-refractivity contribution in [2.45, 2.75) is 19.8 Å². The third kappa shape index (κ3) is 4.06. The quantitative estimate of drug-likeness (QED) is 0.383. The van der Waals surface area contributed by atoms with E-state index in [0.717, 1.165) is 11.1 Å². The molecule has 1 atom stereocenters. The van der Waals surface area contributed by atoms with E-state index in [0.29, 0.717) is 16.7 Å². The zero-order chi connectivity index (χ0) is 19.6. The van der Waals surface area contributed by atoms with Gasteiger partial charge in [-0.3, -0.25) is 0 Å². The lowest BCUT2D eigenvalue weighted by Gasteiger charge is -2.16. The molecule has 0 aromatic heterocycles. The summed E-state index contributed by atoms with van der Waals surface area (Å²) in [5.41, 5.74) is 3.95. The number of aromatic hydroxyl groups is 4. The highest BCUT2D eigenvalue weighted by molar-refractivity contribution is 5.73. The van der Waals surface area contributed by atoms with Gasteiger partial charge < -0.3 is 20.4 Å². The first-order valence-corrected chi connectivity index (χ1v) is 8.67. The van der Waals surface area contributed by atoms with Crippen LogP contribution in [0.2, 0.25) is 0 Å². The minimum absolute atomic E-state index is 0.0243. The van der Waals surface area contributed by atoms with Gasteiger partial charge in [-0.2, -0.15) is 0 Å². The van der Waals surface area contributed by atoms with Crippen LogP contribution in [0, 0.1) is 6.92 Å². The number of rotatable bonds is 4. The van der Waals surface area contributed by atoms with Crippen molar-refractivity contribution in [2.24, 2.45) is 0 Å². The molecular formula is C23H22O4. The molecule has 27 heavy (non-hydrogen) atoms. The molecule has 0 heterocycles. The van der Waals surface area contributed by atoms with E-state index >= 15 is 0 Å². The summed E-state index contributed by atoms with van der Waals surface area (Å²) in [4.78, 5) is 0. The first-order valence-electron chi connectivity index (χ1n) is 8.67. The largest absolute Gasteiger partial charge is 0.507 e. The summed E-state index contributed by atoms with van der Waals surface area (Å²) in [6.07, 6.45) is 3.43. The van der Waals surface area contributed by atoms with Crippen molar-refractivity contribution in [3.63, 3.8) is 0 Å². The first-order chi connectivity index (χ1) is 12.8. The summed E-state index contributed by atoms with van der Waals surface area (Å²) < 4.78 is 0. The molecule has 0 aliphatic heterocycles. The van der Waals surface area contributed by atoms with E-state index < -0.39 is 0 Å². The highest BCUT2D eigenvalue weighted by Gasteiger charge is 2.18. The maximum absolute atomic E-state index is 10.5. The van der Waals surface area contributed by atoms with Crippen molar-refractivity contribution in [3.05, 3.63) is 82.4 Å². The zero-order valence-corrected chi connectivity index (χ0v) is 15.2. The lowest BCUT2D eigenvalue weighted by Crippen LogP contribution is -1.98. The van der Waals surface area contributed by atoms with Crippen molar-refractivity contribution >= 4 is 12.2 Å². The topological polar surface area (TPSA) is 80.9 Å². The van der Waals surface area contributed by atoms with Crippen molar-refractivity contribution in [3.8, 4) is 23.0 Å². The van der Waals surface area contributed by atoms with Gasteiger partial charge in [0.1, 0.15) is 11.5 Å². The molecule has 3 rings (SSSR count). The van der Waals surface area contributed by atoms with E-state index in [1.54, 1.807) is 30.4 Å². The Labute approximate surface area is 158 Å². The number of hydrogen-bond acceptors (Lipinski definition) is 4. The summed E-state index contributed by atoms with van der Waals surface area (Å²) in [5.74, 6) is -0.493. The predicted molar refractivity (Wildman–Crippen MR) is 107 cm³/mol. The summed E-state index contributed by atoms with van der Waals surface area (Å²) in [6.45, 7) is 3.95. The smallest absolute Gasteiger partial charge is 0.157 e. The van der Waals surface area contributed by atoms with Crippen molar-refractivity contribution in [1.29, 1.82) is 0 Å². The molecule has 1 unspecified atom stereocenters. The molecule has 0 fully saturated rings. The van der Waals surface area contributed by atoms with E-state index in [2.05, 4.69) is 0 Å². The zero-order valence-electron chi connectivity index (χ0n) is 15.2. The van der Waals surface area contributed by atoms with E-state index in [-0.39, 0.29) is 28.9 Å². The van der Waals surface area contributed by atoms with Gasteiger partial charge in [0.15, 0.2) is 11.5 Å². The number of benzene rings is 3. The van der Waals surface area contributed by atoms with Gasteiger partial charge in [-0.05, 0) is 47.9 Å². The minimum atomic E-state index is -0.204. The van der Waals surface area contributed by atoms with Crippen molar-refractivity contribution < 1.29 is 20.4 Å². The summed E-state index contributed by atoms with van der Waals surface area (Å²) >= 11 is 0. The predicted octanol–water partition coefficient (Wildman–Crippen LogP) is 5.14. The molecule has 0 aliphatic rings.